The average Bonchev–Trinajstić information content (AvgIpc) is 3.15. The Morgan fingerprint density at radius 1 is 1.29 bits per heavy atom. The third-order valence-corrected chi connectivity index (χ3v) is 3.81. The number of hydrogen-bond acceptors (Lipinski definition) is 4. The highest BCUT2D eigenvalue weighted by atomic mass is 16.4. The van der Waals surface area contributed by atoms with Crippen LogP contribution in [0.3, 0.4) is 0 Å². The second kappa shape index (κ2) is 6.70. The van der Waals surface area contributed by atoms with E-state index < -0.39 is 5.97 Å². The predicted octanol–water partition coefficient (Wildman–Crippen LogP) is 3.55. The predicted molar refractivity (Wildman–Crippen MR) is 89.0 cm³/mol. The third kappa shape index (κ3) is 3.22. The first-order valence-electron chi connectivity index (χ1n) is 7.90. The van der Waals surface area contributed by atoms with Gasteiger partial charge in [-0.2, -0.15) is 0 Å². The molecule has 0 spiro atoms. The van der Waals surface area contributed by atoms with Crippen LogP contribution in [-0.2, 0) is 13.0 Å². The summed E-state index contributed by atoms with van der Waals surface area (Å²) in [6.07, 6.45) is 1.46. The van der Waals surface area contributed by atoms with Crippen LogP contribution in [0, 0.1) is 6.92 Å². The van der Waals surface area contributed by atoms with Crippen LogP contribution >= 0.6 is 0 Å². The summed E-state index contributed by atoms with van der Waals surface area (Å²) in [5.74, 6) is 0.639. The molecule has 2 aromatic heterocycles. The highest BCUT2D eigenvalue weighted by molar-refractivity contribution is 5.86. The lowest BCUT2D eigenvalue weighted by atomic mass is 10.1. The normalized spacial score (nSPS) is 10.9. The first-order valence-corrected chi connectivity index (χ1v) is 7.90. The van der Waals surface area contributed by atoms with Crippen molar-refractivity contribution in [1.29, 1.82) is 0 Å². The molecule has 1 aromatic carbocycles. The SMILES string of the molecule is CCCc1c(C(=O)O)nnn1Cc1cccc(-c2ccc(C)o2)c1. The standard InChI is InChI=1S/C18H19N3O3/c1-3-5-15-17(18(22)23)19-20-21(15)11-13-6-4-7-14(10-13)16-9-8-12(2)24-16/h4,6-10H,3,5,11H2,1-2H3,(H,22,23). The van der Waals surface area contributed by atoms with Crippen molar-refractivity contribution in [3.8, 4) is 11.3 Å². The number of carboxylic acid groups (broad SMARTS) is 1. The number of rotatable bonds is 6. The van der Waals surface area contributed by atoms with Gasteiger partial charge in [-0.05, 0) is 37.1 Å². The molecule has 0 atom stereocenters. The summed E-state index contributed by atoms with van der Waals surface area (Å²) in [6, 6.07) is 11.8. The van der Waals surface area contributed by atoms with Crippen molar-refractivity contribution >= 4 is 5.97 Å². The van der Waals surface area contributed by atoms with Crippen molar-refractivity contribution < 1.29 is 14.3 Å². The van der Waals surface area contributed by atoms with Crippen LogP contribution < -0.4 is 0 Å². The Bertz CT molecular complexity index is 864. The largest absolute Gasteiger partial charge is 0.476 e. The van der Waals surface area contributed by atoms with Crippen LogP contribution in [0.5, 0.6) is 0 Å². The fourth-order valence-electron chi connectivity index (χ4n) is 2.70. The van der Waals surface area contributed by atoms with E-state index in [1.54, 1.807) is 4.68 Å². The summed E-state index contributed by atoms with van der Waals surface area (Å²) in [6.45, 7) is 4.39. The highest BCUT2D eigenvalue weighted by Crippen LogP contribution is 2.23. The van der Waals surface area contributed by atoms with Gasteiger partial charge in [-0.25, -0.2) is 9.48 Å². The van der Waals surface area contributed by atoms with Crippen molar-refractivity contribution in [2.45, 2.75) is 33.2 Å². The molecule has 124 valence electrons. The van der Waals surface area contributed by atoms with Gasteiger partial charge in [-0.1, -0.05) is 36.8 Å². The Balaban J connectivity index is 1.90. The van der Waals surface area contributed by atoms with Gasteiger partial charge < -0.3 is 9.52 Å². The molecule has 0 amide bonds. The zero-order valence-corrected chi connectivity index (χ0v) is 13.7. The molecular formula is C18H19N3O3. The molecule has 24 heavy (non-hydrogen) atoms. The van der Waals surface area contributed by atoms with Gasteiger partial charge in [0, 0.05) is 5.56 Å². The van der Waals surface area contributed by atoms with Gasteiger partial charge in [-0.15, -0.1) is 5.10 Å². The van der Waals surface area contributed by atoms with E-state index in [0.717, 1.165) is 29.1 Å². The van der Waals surface area contributed by atoms with Crippen LogP contribution in [0.1, 0.15) is 40.9 Å². The quantitative estimate of drug-likeness (QED) is 0.749. The van der Waals surface area contributed by atoms with Gasteiger partial charge in [-0.3, -0.25) is 0 Å². The number of hydrogen-bond donors (Lipinski definition) is 1. The van der Waals surface area contributed by atoms with Gasteiger partial charge in [0.15, 0.2) is 5.69 Å². The Kier molecular flexibility index (Phi) is 4.46. The Hall–Kier alpha value is -2.89. The van der Waals surface area contributed by atoms with Crippen LogP contribution in [0.25, 0.3) is 11.3 Å². The van der Waals surface area contributed by atoms with Crippen LogP contribution in [0.15, 0.2) is 40.8 Å². The molecule has 0 unspecified atom stereocenters. The lowest BCUT2D eigenvalue weighted by molar-refractivity contribution is 0.0689. The topological polar surface area (TPSA) is 81.1 Å². The number of furan rings is 1. The smallest absolute Gasteiger partial charge is 0.358 e. The molecule has 6 nitrogen and oxygen atoms in total. The van der Waals surface area contributed by atoms with Gasteiger partial charge >= 0.3 is 5.97 Å². The maximum atomic E-state index is 11.3. The van der Waals surface area contributed by atoms with E-state index in [1.165, 1.54) is 0 Å². The molecule has 0 saturated carbocycles. The zero-order valence-electron chi connectivity index (χ0n) is 13.7. The Labute approximate surface area is 139 Å². The lowest BCUT2D eigenvalue weighted by Gasteiger charge is -2.07. The number of benzene rings is 1. The van der Waals surface area contributed by atoms with E-state index in [9.17, 15) is 9.90 Å². The first kappa shape index (κ1) is 16.0. The zero-order chi connectivity index (χ0) is 17.1. The fraction of sp³-hybridized carbons (Fsp3) is 0.278. The molecule has 6 heteroatoms. The van der Waals surface area contributed by atoms with E-state index in [-0.39, 0.29) is 5.69 Å². The molecule has 2 heterocycles. The minimum atomic E-state index is -1.04. The summed E-state index contributed by atoms with van der Waals surface area (Å²) in [5.41, 5.74) is 2.69. The second-order valence-electron chi connectivity index (χ2n) is 5.71. The van der Waals surface area contributed by atoms with E-state index in [2.05, 4.69) is 10.3 Å². The summed E-state index contributed by atoms with van der Waals surface area (Å²) in [5, 5.41) is 17.1. The molecular weight excluding hydrogens is 306 g/mol. The minimum absolute atomic E-state index is 0.0367. The van der Waals surface area contributed by atoms with Crippen molar-refractivity contribution in [2.24, 2.45) is 0 Å². The van der Waals surface area contributed by atoms with E-state index >= 15 is 0 Å². The van der Waals surface area contributed by atoms with Gasteiger partial charge in [0.1, 0.15) is 11.5 Å². The minimum Gasteiger partial charge on any atom is -0.476 e. The number of aromatic carboxylic acids is 1. The fourth-order valence-corrected chi connectivity index (χ4v) is 2.70. The number of carbonyl (C=O) groups is 1. The lowest BCUT2D eigenvalue weighted by Crippen LogP contribution is -2.09. The summed E-state index contributed by atoms with van der Waals surface area (Å²) in [7, 11) is 0. The molecule has 0 aliphatic rings. The molecule has 0 bridgehead atoms. The monoisotopic (exact) mass is 325 g/mol. The Morgan fingerprint density at radius 3 is 2.79 bits per heavy atom. The highest BCUT2D eigenvalue weighted by Gasteiger charge is 2.18. The van der Waals surface area contributed by atoms with Crippen molar-refractivity contribution in [3.63, 3.8) is 0 Å². The van der Waals surface area contributed by atoms with Gasteiger partial charge in [0.2, 0.25) is 0 Å². The molecule has 0 aliphatic heterocycles. The maximum absolute atomic E-state index is 11.3. The molecule has 0 fully saturated rings. The number of carboxylic acids is 1. The molecule has 3 aromatic rings. The van der Waals surface area contributed by atoms with E-state index in [0.29, 0.717) is 18.7 Å². The number of aromatic nitrogens is 3. The molecule has 3 rings (SSSR count). The average molecular weight is 325 g/mol. The van der Waals surface area contributed by atoms with Crippen molar-refractivity contribution in [3.05, 3.63) is 59.1 Å². The molecule has 0 aliphatic carbocycles. The van der Waals surface area contributed by atoms with Gasteiger partial charge in [0.05, 0.1) is 12.2 Å². The van der Waals surface area contributed by atoms with Crippen LogP contribution in [0.2, 0.25) is 0 Å². The molecule has 0 saturated heterocycles. The van der Waals surface area contributed by atoms with Crippen molar-refractivity contribution in [2.75, 3.05) is 0 Å². The first-order chi connectivity index (χ1) is 11.6. The number of nitrogens with zero attached hydrogens (tertiary/aromatic N) is 3. The van der Waals surface area contributed by atoms with E-state index in [1.807, 2.05) is 50.2 Å². The number of aryl methyl sites for hydroxylation is 1. The molecule has 1 N–H and O–H groups in total. The third-order valence-electron chi connectivity index (χ3n) is 3.81. The Morgan fingerprint density at radius 2 is 2.12 bits per heavy atom. The van der Waals surface area contributed by atoms with Crippen LogP contribution in [0.4, 0.5) is 0 Å². The maximum Gasteiger partial charge on any atom is 0.358 e. The summed E-state index contributed by atoms with van der Waals surface area (Å²) in [4.78, 5) is 11.3. The van der Waals surface area contributed by atoms with Crippen LogP contribution in [-0.4, -0.2) is 26.1 Å². The summed E-state index contributed by atoms with van der Waals surface area (Å²) < 4.78 is 7.33. The summed E-state index contributed by atoms with van der Waals surface area (Å²) >= 11 is 0. The second-order valence-corrected chi connectivity index (χ2v) is 5.71. The molecule has 0 radical (unpaired) electrons. The van der Waals surface area contributed by atoms with Crippen molar-refractivity contribution in [1.82, 2.24) is 15.0 Å². The van der Waals surface area contributed by atoms with E-state index in [4.69, 9.17) is 4.42 Å². The van der Waals surface area contributed by atoms with Gasteiger partial charge in [0.25, 0.3) is 0 Å².